The second-order valence-electron chi connectivity index (χ2n) is 8.06. The largest absolute Gasteiger partial charge is 0.503 e. The molecule has 0 bridgehead atoms. The Morgan fingerprint density at radius 1 is 1.22 bits per heavy atom. The van der Waals surface area contributed by atoms with Gasteiger partial charge >= 0.3 is 0 Å². The lowest BCUT2D eigenvalue weighted by molar-refractivity contribution is -0.130. The predicted octanol–water partition coefficient (Wildman–Crippen LogP) is 5.40. The van der Waals surface area contributed by atoms with E-state index in [9.17, 15) is 14.7 Å². The Labute approximate surface area is 191 Å². The number of ether oxygens (including phenoxy) is 1. The van der Waals surface area contributed by atoms with Crippen molar-refractivity contribution in [1.29, 1.82) is 0 Å². The number of halogens is 1. The van der Waals surface area contributed by atoms with Crippen molar-refractivity contribution in [3.63, 3.8) is 0 Å². The fourth-order valence-corrected chi connectivity index (χ4v) is 4.16. The molecule has 0 saturated carbocycles. The molecule has 2 aromatic carbocycles. The third-order valence-electron chi connectivity index (χ3n) is 5.52. The molecule has 0 radical (unpaired) electrons. The Balaban J connectivity index is 1.77. The van der Waals surface area contributed by atoms with Crippen LogP contribution in [0.3, 0.4) is 0 Å². The zero-order valence-corrected chi connectivity index (χ0v) is 18.8. The molecule has 32 heavy (non-hydrogen) atoms. The van der Waals surface area contributed by atoms with E-state index in [4.69, 9.17) is 20.8 Å². The Bertz CT molecular complexity index is 1230. The maximum atomic E-state index is 13.5. The zero-order chi connectivity index (χ0) is 23.0. The number of ketones is 1. The number of hydrogen-bond acceptors (Lipinski definition) is 5. The van der Waals surface area contributed by atoms with Gasteiger partial charge in [0, 0.05) is 17.0 Å². The number of hydrogen-bond donors (Lipinski definition) is 1. The van der Waals surface area contributed by atoms with E-state index in [0.717, 1.165) is 11.1 Å². The van der Waals surface area contributed by atoms with Crippen molar-refractivity contribution >= 4 is 34.3 Å². The van der Waals surface area contributed by atoms with Crippen molar-refractivity contribution in [2.75, 3.05) is 13.2 Å². The van der Waals surface area contributed by atoms with Gasteiger partial charge in [0.05, 0.1) is 24.3 Å². The van der Waals surface area contributed by atoms with Crippen LogP contribution in [-0.2, 0) is 9.53 Å². The number of amides is 1. The van der Waals surface area contributed by atoms with Crippen molar-refractivity contribution in [3.8, 4) is 0 Å². The molecule has 1 N–H and O–H groups in total. The second-order valence-corrected chi connectivity index (χ2v) is 8.50. The summed E-state index contributed by atoms with van der Waals surface area (Å²) in [6, 6.07) is 13.4. The summed E-state index contributed by atoms with van der Waals surface area (Å²) in [7, 11) is 0. The zero-order valence-electron chi connectivity index (χ0n) is 18.1. The molecule has 0 fully saturated rings. The Kier molecular flexibility index (Phi) is 6.09. The molecule has 4 rings (SSSR count). The molecule has 2 heterocycles. The molecule has 3 aromatic rings. The van der Waals surface area contributed by atoms with Gasteiger partial charge in [0.25, 0.3) is 5.91 Å². The molecule has 1 atom stereocenters. The summed E-state index contributed by atoms with van der Waals surface area (Å²) >= 11 is 6.05. The Morgan fingerprint density at radius 2 is 1.97 bits per heavy atom. The van der Waals surface area contributed by atoms with Gasteiger partial charge in [-0.05, 0) is 56.2 Å². The highest BCUT2D eigenvalue weighted by atomic mass is 35.5. The van der Waals surface area contributed by atoms with Gasteiger partial charge < -0.3 is 19.2 Å². The fraction of sp³-hybridized carbons (Fsp3) is 0.280. The van der Waals surface area contributed by atoms with Crippen molar-refractivity contribution < 1.29 is 23.8 Å². The van der Waals surface area contributed by atoms with Gasteiger partial charge in [-0.3, -0.25) is 9.59 Å². The van der Waals surface area contributed by atoms with Gasteiger partial charge in [-0.25, -0.2) is 0 Å². The molecule has 0 spiro atoms. The van der Waals surface area contributed by atoms with Crippen molar-refractivity contribution in [3.05, 3.63) is 81.8 Å². The lowest BCUT2D eigenvalue weighted by Crippen LogP contribution is -2.34. The highest BCUT2D eigenvalue weighted by Crippen LogP contribution is 2.40. The number of aliphatic hydroxyl groups excluding tert-OH is 1. The molecule has 1 unspecified atom stereocenters. The first kappa shape index (κ1) is 22.1. The molecule has 0 saturated heterocycles. The smallest absolute Gasteiger partial charge is 0.290 e. The van der Waals surface area contributed by atoms with Gasteiger partial charge in [-0.1, -0.05) is 35.9 Å². The number of nitrogens with zero attached hydrogens (tertiary/aromatic N) is 1. The molecular weight excluding hydrogens is 430 g/mol. The second kappa shape index (κ2) is 8.81. The van der Waals surface area contributed by atoms with Gasteiger partial charge in [0.1, 0.15) is 5.58 Å². The van der Waals surface area contributed by atoms with E-state index in [1.165, 1.54) is 4.90 Å². The molecule has 1 aromatic heterocycles. The van der Waals surface area contributed by atoms with Crippen LogP contribution in [0.5, 0.6) is 0 Å². The minimum atomic E-state index is -0.747. The van der Waals surface area contributed by atoms with Crippen LogP contribution in [0.4, 0.5) is 0 Å². The number of furan rings is 1. The first-order valence-electron chi connectivity index (χ1n) is 10.4. The minimum Gasteiger partial charge on any atom is -0.503 e. The van der Waals surface area contributed by atoms with Crippen LogP contribution in [0.15, 0.2) is 64.3 Å². The molecule has 1 aliphatic rings. The third-order valence-corrected chi connectivity index (χ3v) is 5.75. The number of carbonyl (C=O) groups excluding carboxylic acids is 2. The average Bonchev–Trinajstić information content (AvgIpc) is 3.27. The molecule has 1 aliphatic heterocycles. The van der Waals surface area contributed by atoms with E-state index in [1.807, 2.05) is 45.0 Å². The van der Waals surface area contributed by atoms with Crippen LogP contribution < -0.4 is 0 Å². The normalized spacial score (nSPS) is 16.6. The summed E-state index contributed by atoms with van der Waals surface area (Å²) in [5, 5.41) is 12.0. The number of carbonyl (C=O) groups is 2. The first-order chi connectivity index (χ1) is 15.3. The highest BCUT2D eigenvalue weighted by Gasteiger charge is 2.44. The lowest BCUT2D eigenvalue weighted by Gasteiger charge is -2.28. The van der Waals surface area contributed by atoms with Crippen LogP contribution in [0.25, 0.3) is 11.0 Å². The van der Waals surface area contributed by atoms with Crippen LogP contribution in [0, 0.1) is 6.92 Å². The maximum Gasteiger partial charge on any atom is 0.290 e. The van der Waals surface area contributed by atoms with E-state index >= 15 is 0 Å². The highest BCUT2D eigenvalue weighted by molar-refractivity contribution is 6.31. The van der Waals surface area contributed by atoms with E-state index in [1.54, 1.807) is 24.3 Å². The van der Waals surface area contributed by atoms with Gasteiger partial charge in [-0.2, -0.15) is 0 Å². The van der Waals surface area contributed by atoms with Gasteiger partial charge in [0.15, 0.2) is 11.5 Å². The van der Waals surface area contributed by atoms with E-state index in [0.29, 0.717) is 16.0 Å². The Hall–Kier alpha value is -3.09. The van der Waals surface area contributed by atoms with Crippen LogP contribution in [0.1, 0.15) is 41.6 Å². The molecular formula is C25H24ClNO5. The molecule has 166 valence electrons. The van der Waals surface area contributed by atoms with E-state index < -0.39 is 23.5 Å². The quantitative estimate of drug-likeness (QED) is 0.484. The van der Waals surface area contributed by atoms with E-state index in [-0.39, 0.29) is 30.6 Å². The topological polar surface area (TPSA) is 80.0 Å². The van der Waals surface area contributed by atoms with Crippen molar-refractivity contribution in [2.24, 2.45) is 0 Å². The van der Waals surface area contributed by atoms with Crippen molar-refractivity contribution in [1.82, 2.24) is 4.90 Å². The molecule has 6 nitrogen and oxygen atoms in total. The average molecular weight is 454 g/mol. The number of rotatable bonds is 7. The number of fused-ring (bicyclic) bond motifs is 1. The SMILES string of the molecule is Cc1ccccc1C1C(C(=O)c2cc3cc(Cl)ccc3o2)=C(O)C(=O)N1CCOC(C)C. The summed E-state index contributed by atoms with van der Waals surface area (Å²) in [5.41, 5.74) is 2.16. The number of aryl methyl sites for hydroxylation is 1. The number of aliphatic hydroxyl groups is 1. The summed E-state index contributed by atoms with van der Waals surface area (Å²) < 4.78 is 11.4. The summed E-state index contributed by atoms with van der Waals surface area (Å²) in [4.78, 5) is 28.0. The van der Waals surface area contributed by atoms with E-state index in [2.05, 4.69) is 0 Å². The Morgan fingerprint density at radius 3 is 2.69 bits per heavy atom. The standard InChI is InChI=1S/C25H24ClNO5/c1-14(2)31-11-10-27-22(18-7-5-4-6-15(18)3)21(24(29)25(27)30)23(28)20-13-16-12-17(26)8-9-19(16)32-20/h4-9,12-14,22,29H,10-11H2,1-3H3. The summed E-state index contributed by atoms with van der Waals surface area (Å²) in [6.07, 6.45) is -0.00496. The number of Topliss-reactive ketones (excluding diaryl/α,β-unsaturated/α-hetero) is 1. The van der Waals surface area contributed by atoms with Crippen LogP contribution in [0.2, 0.25) is 5.02 Å². The molecule has 7 heteroatoms. The fourth-order valence-electron chi connectivity index (χ4n) is 3.98. The van der Waals surface area contributed by atoms with Gasteiger partial charge in [-0.15, -0.1) is 0 Å². The monoisotopic (exact) mass is 453 g/mol. The summed E-state index contributed by atoms with van der Waals surface area (Å²) in [6.45, 7) is 6.23. The molecule has 0 aliphatic carbocycles. The van der Waals surface area contributed by atoms with Crippen LogP contribution in [-0.4, -0.2) is 41.0 Å². The third kappa shape index (κ3) is 4.04. The maximum absolute atomic E-state index is 13.5. The number of benzene rings is 2. The minimum absolute atomic E-state index is 0.000926. The molecule has 1 amide bonds. The van der Waals surface area contributed by atoms with Crippen LogP contribution >= 0.6 is 11.6 Å². The predicted molar refractivity (Wildman–Crippen MR) is 122 cm³/mol. The van der Waals surface area contributed by atoms with Crippen molar-refractivity contribution in [2.45, 2.75) is 32.9 Å². The lowest BCUT2D eigenvalue weighted by atomic mass is 9.92. The summed E-state index contributed by atoms with van der Waals surface area (Å²) in [5.74, 6) is -1.67. The first-order valence-corrected chi connectivity index (χ1v) is 10.8. The van der Waals surface area contributed by atoms with Gasteiger partial charge in [0.2, 0.25) is 5.78 Å².